The second-order valence-corrected chi connectivity index (χ2v) is 6.59. The van der Waals surface area contributed by atoms with Crippen molar-refractivity contribution >= 4 is 17.2 Å². The average Bonchev–Trinajstić information content (AvgIpc) is 2.88. The second-order valence-electron chi connectivity index (χ2n) is 6.59. The molecule has 0 bridgehead atoms. The first-order valence-corrected chi connectivity index (χ1v) is 8.60. The predicted molar refractivity (Wildman–Crippen MR) is 93.9 cm³/mol. The predicted octanol–water partition coefficient (Wildman–Crippen LogP) is 1.48. The van der Waals surface area contributed by atoms with Crippen LogP contribution in [0.15, 0.2) is 18.3 Å². The summed E-state index contributed by atoms with van der Waals surface area (Å²) in [6.07, 6.45) is 1.81. The van der Waals surface area contributed by atoms with Gasteiger partial charge in [0.15, 0.2) is 5.65 Å². The third-order valence-electron chi connectivity index (χ3n) is 4.41. The third-order valence-corrected chi connectivity index (χ3v) is 4.41. The maximum absolute atomic E-state index is 12.0. The Kier molecular flexibility index (Phi) is 4.99. The number of urea groups is 1. The summed E-state index contributed by atoms with van der Waals surface area (Å²) in [6, 6.07) is 4.14. The number of imidazole rings is 1. The first kappa shape index (κ1) is 16.7. The van der Waals surface area contributed by atoms with Crippen LogP contribution in [0.3, 0.4) is 0 Å². The van der Waals surface area contributed by atoms with E-state index in [9.17, 15) is 4.79 Å². The van der Waals surface area contributed by atoms with Crippen LogP contribution in [-0.4, -0.2) is 69.1 Å². The fourth-order valence-electron chi connectivity index (χ4n) is 3.09. The number of nitrogens with zero attached hydrogens (tertiary/aromatic N) is 5. The van der Waals surface area contributed by atoms with Crippen LogP contribution < -0.4 is 5.32 Å². The van der Waals surface area contributed by atoms with Gasteiger partial charge in [-0.2, -0.15) is 0 Å². The van der Waals surface area contributed by atoms with Gasteiger partial charge in [-0.05, 0) is 32.9 Å². The average molecular weight is 330 g/mol. The van der Waals surface area contributed by atoms with Crippen LogP contribution >= 0.6 is 0 Å². The summed E-state index contributed by atoms with van der Waals surface area (Å²) in [5.41, 5.74) is 1.90. The van der Waals surface area contributed by atoms with Gasteiger partial charge in [0, 0.05) is 51.5 Å². The molecule has 0 unspecified atom stereocenters. The molecule has 3 rings (SSSR count). The number of nitrogens with one attached hydrogen (secondary N) is 1. The van der Waals surface area contributed by atoms with E-state index in [0.717, 1.165) is 56.3 Å². The Morgan fingerprint density at radius 2 is 2.00 bits per heavy atom. The summed E-state index contributed by atoms with van der Waals surface area (Å²) in [5, 5.41) is 2.96. The standard InChI is InChI=1S/C17H26N6O/c1-13(2)19-17(24)22-10-7-21(8-11-22)9-12-23-14(3)20-15-5-4-6-18-16(15)23/h4-6,13H,7-12H2,1-3H3,(H,19,24). The van der Waals surface area contributed by atoms with Crippen LogP contribution in [0.2, 0.25) is 0 Å². The molecule has 0 radical (unpaired) electrons. The Bertz CT molecular complexity index is 702. The maximum Gasteiger partial charge on any atom is 0.317 e. The van der Waals surface area contributed by atoms with E-state index in [2.05, 4.69) is 24.8 Å². The first-order valence-electron chi connectivity index (χ1n) is 8.60. The molecule has 2 aromatic rings. The van der Waals surface area contributed by atoms with Crippen molar-refractivity contribution in [1.82, 2.24) is 29.7 Å². The van der Waals surface area contributed by atoms with Crippen LogP contribution in [0.4, 0.5) is 4.79 Å². The van der Waals surface area contributed by atoms with Crippen LogP contribution in [0.5, 0.6) is 0 Å². The van der Waals surface area contributed by atoms with Crippen LogP contribution in [0.1, 0.15) is 19.7 Å². The van der Waals surface area contributed by atoms with Gasteiger partial charge < -0.3 is 14.8 Å². The number of carbonyl (C=O) groups is 1. The maximum atomic E-state index is 12.0. The SMILES string of the molecule is Cc1nc2cccnc2n1CCN1CCN(C(=O)NC(C)C)CC1. The summed E-state index contributed by atoms with van der Waals surface area (Å²) in [7, 11) is 0. The van der Waals surface area contributed by atoms with Crippen LogP contribution in [0.25, 0.3) is 11.2 Å². The first-order chi connectivity index (χ1) is 11.5. The summed E-state index contributed by atoms with van der Waals surface area (Å²) in [5.74, 6) is 0.999. The highest BCUT2D eigenvalue weighted by Crippen LogP contribution is 2.13. The zero-order chi connectivity index (χ0) is 17.1. The van der Waals surface area contributed by atoms with E-state index in [0.29, 0.717) is 0 Å². The highest BCUT2D eigenvalue weighted by molar-refractivity contribution is 5.74. The van der Waals surface area contributed by atoms with Gasteiger partial charge in [-0.3, -0.25) is 4.90 Å². The van der Waals surface area contributed by atoms with E-state index >= 15 is 0 Å². The zero-order valence-corrected chi connectivity index (χ0v) is 14.7. The Labute approximate surface area is 142 Å². The molecule has 1 saturated heterocycles. The lowest BCUT2D eigenvalue weighted by Gasteiger charge is -2.35. The van der Waals surface area contributed by atoms with Crippen LogP contribution in [-0.2, 0) is 6.54 Å². The smallest absolute Gasteiger partial charge is 0.317 e. The number of pyridine rings is 1. The molecule has 24 heavy (non-hydrogen) atoms. The fourth-order valence-corrected chi connectivity index (χ4v) is 3.09. The Balaban J connectivity index is 1.53. The van der Waals surface area contributed by atoms with Gasteiger partial charge >= 0.3 is 6.03 Å². The van der Waals surface area contributed by atoms with Crippen LogP contribution in [0, 0.1) is 6.92 Å². The molecule has 3 heterocycles. The summed E-state index contributed by atoms with van der Waals surface area (Å²) in [6.45, 7) is 11.2. The highest BCUT2D eigenvalue weighted by atomic mass is 16.2. The number of amides is 2. The van der Waals surface area contributed by atoms with E-state index in [-0.39, 0.29) is 12.1 Å². The van der Waals surface area contributed by atoms with Gasteiger partial charge in [-0.25, -0.2) is 14.8 Å². The highest BCUT2D eigenvalue weighted by Gasteiger charge is 2.21. The van der Waals surface area contributed by atoms with E-state index in [1.54, 1.807) is 0 Å². The molecule has 0 aliphatic carbocycles. The summed E-state index contributed by atoms with van der Waals surface area (Å²) >= 11 is 0. The van der Waals surface area contributed by atoms with Crippen molar-refractivity contribution in [1.29, 1.82) is 0 Å². The Morgan fingerprint density at radius 1 is 1.25 bits per heavy atom. The molecule has 130 valence electrons. The minimum Gasteiger partial charge on any atom is -0.336 e. The lowest BCUT2D eigenvalue weighted by Crippen LogP contribution is -2.53. The van der Waals surface area contributed by atoms with Crippen molar-refractivity contribution in [3.63, 3.8) is 0 Å². The Morgan fingerprint density at radius 3 is 2.71 bits per heavy atom. The quantitative estimate of drug-likeness (QED) is 0.922. The summed E-state index contributed by atoms with van der Waals surface area (Å²) < 4.78 is 2.17. The molecular formula is C17H26N6O. The van der Waals surface area contributed by atoms with Crippen molar-refractivity contribution < 1.29 is 4.79 Å². The number of piperazine rings is 1. The summed E-state index contributed by atoms with van der Waals surface area (Å²) in [4.78, 5) is 25.3. The van der Waals surface area contributed by atoms with Gasteiger partial charge in [0.2, 0.25) is 0 Å². The zero-order valence-electron chi connectivity index (χ0n) is 14.7. The lowest BCUT2D eigenvalue weighted by molar-refractivity contribution is 0.135. The van der Waals surface area contributed by atoms with E-state index in [4.69, 9.17) is 0 Å². The van der Waals surface area contributed by atoms with E-state index in [1.807, 2.05) is 44.0 Å². The number of hydrogen-bond donors (Lipinski definition) is 1. The van der Waals surface area contributed by atoms with Crippen molar-refractivity contribution in [3.05, 3.63) is 24.2 Å². The molecule has 1 aliphatic heterocycles. The molecule has 2 amide bonds. The number of rotatable bonds is 4. The number of hydrogen-bond acceptors (Lipinski definition) is 4. The molecule has 7 nitrogen and oxygen atoms in total. The van der Waals surface area contributed by atoms with Gasteiger partial charge in [0.25, 0.3) is 0 Å². The van der Waals surface area contributed by atoms with Crippen molar-refractivity contribution in [2.45, 2.75) is 33.4 Å². The largest absolute Gasteiger partial charge is 0.336 e. The van der Waals surface area contributed by atoms with Crippen molar-refractivity contribution in [2.24, 2.45) is 0 Å². The fraction of sp³-hybridized carbons (Fsp3) is 0.588. The van der Waals surface area contributed by atoms with Gasteiger partial charge in [0.1, 0.15) is 11.3 Å². The minimum absolute atomic E-state index is 0.0466. The monoisotopic (exact) mass is 330 g/mol. The molecule has 7 heteroatoms. The molecule has 1 fully saturated rings. The van der Waals surface area contributed by atoms with Gasteiger partial charge in [-0.15, -0.1) is 0 Å². The number of carbonyl (C=O) groups excluding carboxylic acids is 1. The number of aryl methyl sites for hydroxylation is 1. The van der Waals surface area contributed by atoms with Crippen molar-refractivity contribution in [3.8, 4) is 0 Å². The normalized spacial score (nSPS) is 16.1. The van der Waals surface area contributed by atoms with Crippen molar-refractivity contribution in [2.75, 3.05) is 32.7 Å². The Hall–Kier alpha value is -2.15. The molecule has 0 spiro atoms. The molecule has 0 saturated carbocycles. The molecule has 1 N–H and O–H groups in total. The minimum atomic E-state index is 0.0466. The van der Waals surface area contributed by atoms with E-state index in [1.165, 1.54) is 0 Å². The van der Waals surface area contributed by atoms with Gasteiger partial charge in [-0.1, -0.05) is 0 Å². The molecule has 1 aliphatic rings. The molecule has 0 atom stereocenters. The third kappa shape index (κ3) is 3.67. The second kappa shape index (κ2) is 7.17. The topological polar surface area (TPSA) is 66.3 Å². The van der Waals surface area contributed by atoms with Gasteiger partial charge in [0.05, 0.1) is 0 Å². The molecule has 0 aromatic carbocycles. The van der Waals surface area contributed by atoms with E-state index < -0.39 is 0 Å². The lowest BCUT2D eigenvalue weighted by atomic mass is 10.3. The molecule has 2 aromatic heterocycles. The number of aromatic nitrogens is 3. The molecular weight excluding hydrogens is 304 g/mol. The number of fused-ring (bicyclic) bond motifs is 1.